The first-order chi connectivity index (χ1) is 8.25. The summed E-state index contributed by atoms with van der Waals surface area (Å²) in [6.07, 6.45) is 2.55. The van der Waals surface area contributed by atoms with Crippen molar-refractivity contribution in [3.63, 3.8) is 0 Å². The maximum Gasteiger partial charge on any atom is 0.224 e. The van der Waals surface area contributed by atoms with Gasteiger partial charge in [-0.15, -0.1) is 0 Å². The number of rotatable bonds is 3. The van der Waals surface area contributed by atoms with Crippen molar-refractivity contribution in [2.75, 3.05) is 17.2 Å². The third-order valence-corrected chi connectivity index (χ3v) is 4.04. The molecule has 0 aromatic heterocycles. The average Bonchev–Trinajstić information content (AvgIpc) is 2.33. The van der Waals surface area contributed by atoms with Gasteiger partial charge in [-0.3, -0.25) is 4.79 Å². The van der Waals surface area contributed by atoms with Gasteiger partial charge in [-0.05, 0) is 36.0 Å². The van der Waals surface area contributed by atoms with E-state index in [1.165, 1.54) is 0 Å². The lowest BCUT2D eigenvalue weighted by molar-refractivity contribution is -0.121. The summed E-state index contributed by atoms with van der Waals surface area (Å²) >= 11 is 1.96. The number of anilines is 1. The molecule has 1 aromatic rings. The van der Waals surface area contributed by atoms with Crippen molar-refractivity contribution in [3.05, 3.63) is 29.8 Å². The van der Waals surface area contributed by atoms with Crippen LogP contribution >= 0.6 is 11.8 Å². The first-order valence-corrected chi connectivity index (χ1v) is 7.11. The fourth-order valence-electron chi connectivity index (χ4n) is 1.99. The number of nitrogens with one attached hydrogen (secondary N) is 1. The number of benzene rings is 1. The Morgan fingerprint density at radius 1 is 1.35 bits per heavy atom. The molecule has 1 aliphatic heterocycles. The minimum absolute atomic E-state index is 0.0831. The molecule has 0 saturated carbocycles. The van der Waals surface area contributed by atoms with Crippen molar-refractivity contribution in [2.45, 2.75) is 25.3 Å². The zero-order valence-corrected chi connectivity index (χ0v) is 10.6. The molecule has 1 saturated heterocycles. The summed E-state index contributed by atoms with van der Waals surface area (Å²) < 4.78 is 0. The van der Waals surface area contributed by atoms with Crippen LogP contribution in [0.2, 0.25) is 0 Å². The number of carbonyl (C=O) groups excluding carboxylic acids is 1. The molecule has 0 radical (unpaired) electrons. The average molecular weight is 250 g/mol. The summed E-state index contributed by atoms with van der Waals surface area (Å²) in [7, 11) is 0. The fourth-order valence-corrected chi connectivity index (χ4v) is 3.10. The van der Waals surface area contributed by atoms with Crippen LogP contribution in [-0.2, 0) is 11.2 Å². The standard InChI is InChI=1S/C13H18N2OS/c14-12-4-2-1-3-10(12)9-13(16)15-11-5-7-17-8-6-11/h1-4,11H,5-9,14H2,(H,15,16). The smallest absolute Gasteiger partial charge is 0.224 e. The minimum atomic E-state index is 0.0831. The van der Waals surface area contributed by atoms with Crippen LogP contribution in [0.5, 0.6) is 0 Å². The molecule has 1 aromatic carbocycles. The number of para-hydroxylation sites is 1. The molecule has 4 heteroatoms. The first-order valence-electron chi connectivity index (χ1n) is 5.96. The van der Waals surface area contributed by atoms with Crippen LogP contribution in [0, 0.1) is 0 Å². The first kappa shape index (κ1) is 12.3. The fraction of sp³-hybridized carbons (Fsp3) is 0.462. The molecule has 1 fully saturated rings. The van der Waals surface area contributed by atoms with Gasteiger partial charge in [-0.2, -0.15) is 11.8 Å². The highest BCUT2D eigenvalue weighted by Gasteiger charge is 2.16. The van der Waals surface area contributed by atoms with E-state index in [2.05, 4.69) is 5.32 Å². The Hall–Kier alpha value is -1.16. The van der Waals surface area contributed by atoms with Gasteiger partial charge < -0.3 is 11.1 Å². The summed E-state index contributed by atoms with van der Waals surface area (Å²) in [6.45, 7) is 0. The Morgan fingerprint density at radius 2 is 2.06 bits per heavy atom. The molecule has 2 rings (SSSR count). The van der Waals surface area contributed by atoms with Crippen molar-refractivity contribution in [3.8, 4) is 0 Å². The third kappa shape index (κ3) is 3.66. The SMILES string of the molecule is Nc1ccccc1CC(=O)NC1CCSCC1. The largest absolute Gasteiger partial charge is 0.398 e. The van der Waals surface area contributed by atoms with Crippen LogP contribution in [0.1, 0.15) is 18.4 Å². The molecule has 1 aliphatic rings. The summed E-state index contributed by atoms with van der Waals surface area (Å²) in [6, 6.07) is 7.89. The number of nitrogens with two attached hydrogens (primary N) is 1. The maximum absolute atomic E-state index is 11.9. The van der Waals surface area contributed by atoms with Crippen molar-refractivity contribution in [2.24, 2.45) is 0 Å². The number of thioether (sulfide) groups is 1. The van der Waals surface area contributed by atoms with Gasteiger partial charge in [-0.25, -0.2) is 0 Å². The predicted octanol–water partition coefficient (Wildman–Crippen LogP) is 1.82. The summed E-state index contributed by atoms with van der Waals surface area (Å²) in [5, 5.41) is 3.09. The van der Waals surface area contributed by atoms with E-state index in [0.717, 1.165) is 29.9 Å². The molecule has 3 N–H and O–H groups in total. The second-order valence-electron chi connectivity index (χ2n) is 4.33. The van der Waals surface area contributed by atoms with E-state index in [-0.39, 0.29) is 5.91 Å². The molecule has 1 heterocycles. The number of carbonyl (C=O) groups is 1. The molecule has 0 unspecified atom stereocenters. The lowest BCUT2D eigenvalue weighted by atomic mass is 10.1. The van der Waals surface area contributed by atoms with Crippen LogP contribution in [0.15, 0.2) is 24.3 Å². The predicted molar refractivity (Wildman–Crippen MR) is 73.0 cm³/mol. The Balaban J connectivity index is 1.86. The summed E-state index contributed by atoms with van der Waals surface area (Å²) in [5.41, 5.74) is 7.43. The quantitative estimate of drug-likeness (QED) is 0.805. The van der Waals surface area contributed by atoms with Crippen molar-refractivity contribution >= 4 is 23.4 Å². The van der Waals surface area contributed by atoms with Crippen molar-refractivity contribution < 1.29 is 4.79 Å². The van der Waals surface area contributed by atoms with Gasteiger partial charge in [0.25, 0.3) is 0 Å². The molecule has 0 aliphatic carbocycles. The van der Waals surface area contributed by atoms with E-state index in [1.54, 1.807) is 0 Å². The Bertz CT molecular complexity index is 389. The van der Waals surface area contributed by atoms with Gasteiger partial charge >= 0.3 is 0 Å². The number of hydrogen-bond acceptors (Lipinski definition) is 3. The Morgan fingerprint density at radius 3 is 2.76 bits per heavy atom. The lowest BCUT2D eigenvalue weighted by Crippen LogP contribution is -2.38. The lowest BCUT2D eigenvalue weighted by Gasteiger charge is -2.22. The van der Waals surface area contributed by atoms with E-state index in [0.29, 0.717) is 18.2 Å². The number of hydrogen-bond donors (Lipinski definition) is 2. The maximum atomic E-state index is 11.9. The van der Waals surface area contributed by atoms with Gasteiger partial charge in [0, 0.05) is 11.7 Å². The third-order valence-electron chi connectivity index (χ3n) is 2.99. The highest BCUT2D eigenvalue weighted by atomic mass is 32.2. The van der Waals surface area contributed by atoms with Crippen LogP contribution in [0.25, 0.3) is 0 Å². The van der Waals surface area contributed by atoms with Gasteiger partial charge in [0.05, 0.1) is 6.42 Å². The molecule has 92 valence electrons. The molecule has 3 nitrogen and oxygen atoms in total. The summed E-state index contributed by atoms with van der Waals surface area (Å²) in [4.78, 5) is 11.9. The summed E-state index contributed by atoms with van der Waals surface area (Å²) in [5.74, 6) is 2.39. The zero-order valence-electron chi connectivity index (χ0n) is 9.82. The Kier molecular flexibility index (Phi) is 4.31. The van der Waals surface area contributed by atoms with Crippen molar-refractivity contribution in [1.82, 2.24) is 5.32 Å². The molecule has 17 heavy (non-hydrogen) atoms. The highest BCUT2D eigenvalue weighted by molar-refractivity contribution is 7.99. The second kappa shape index (κ2) is 5.96. The van der Waals surface area contributed by atoms with Gasteiger partial charge in [-0.1, -0.05) is 18.2 Å². The van der Waals surface area contributed by atoms with E-state index in [9.17, 15) is 4.79 Å². The molecular formula is C13H18N2OS. The Labute approximate surface area is 106 Å². The zero-order chi connectivity index (χ0) is 12.1. The van der Waals surface area contributed by atoms with E-state index >= 15 is 0 Å². The van der Waals surface area contributed by atoms with Gasteiger partial charge in [0.15, 0.2) is 0 Å². The molecular weight excluding hydrogens is 232 g/mol. The molecule has 0 bridgehead atoms. The van der Waals surface area contributed by atoms with Crippen LogP contribution in [-0.4, -0.2) is 23.5 Å². The van der Waals surface area contributed by atoms with Crippen molar-refractivity contribution in [1.29, 1.82) is 0 Å². The van der Waals surface area contributed by atoms with E-state index in [1.807, 2.05) is 36.0 Å². The van der Waals surface area contributed by atoms with E-state index in [4.69, 9.17) is 5.73 Å². The molecule has 0 atom stereocenters. The van der Waals surface area contributed by atoms with Gasteiger partial charge in [0.1, 0.15) is 0 Å². The van der Waals surface area contributed by atoms with Crippen LogP contribution < -0.4 is 11.1 Å². The number of amides is 1. The van der Waals surface area contributed by atoms with Gasteiger partial charge in [0.2, 0.25) is 5.91 Å². The number of nitrogen functional groups attached to an aromatic ring is 1. The topological polar surface area (TPSA) is 55.1 Å². The minimum Gasteiger partial charge on any atom is -0.398 e. The molecule has 1 amide bonds. The van der Waals surface area contributed by atoms with Crippen LogP contribution in [0.4, 0.5) is 5.69 Å². The monoisotopic (exact) mass is 250 g/mol. The normalized spacial score (nSPS) is 16.7. The second-order valence-corrected chi connectivity index (χ2v) is 5.55. The molecule has 0 spiro atoms. The van der Waals surface area contributed by atoms with E-state index < -0.39 is 0 Å². The highest BCUT2D eigenvalue weighted by Crippen LogP contribution is 2.17. The van der Waals surface area contributed by atoms with Crippen LogP contribution in [0.3, 0.4) is 0 Å².